The Labute approximate surface area is 273 Å². The van der Waals surface area contributed by atoms with E-state index in [9.17, 15) is 10.2 Å². The zero-order chi connectivity index (χ0) is 31.6. The molecule has 0 unspecified atom stereocenters. The van der Waals surface area contributed by atoms with Crippen molar-refractivity contribution in [1.29, 1.82) is 0 Å². The summed E-state index contributed by atoms with van der Waals surface area (Å²) in [7, 11) is 0.00849. The standard InChI is InChI=1S/C36H28N2O2.C4H10OSi/c39-35-15-7-13-33(25-35)37(29-9-3-1-4-10-29)31-21-17-27(18-22-31)28-19-23-32(24-20-28)38(30-11-5-2-6-12-30)34-14-8-16-36(40)26-34;1-2-4-6-5-3-1/h1-26,39-40H;1-4,6H2. The van der Waals surface area contributed by atoms with Crippen LogP contribution in [0.3, 0.4) is 0 Å². The third kappa shape index (κ3) is 7.67. The van der Waals surface area contributed by atoms with Gasteiger partial charge in [0.05, 0.1) is 0 Å². The highest BCUT2D eigenvalue weighted by molar-refractivity contribution is 6.27. The minimum Gasteiger partial charge on any atom is -0.508 e. The van der Waals surface area contributed by atoms with Crippen molar-refractivity contribution >= 4 is 43.9 Å². The van der Waals surface area contributed by atoms with Crippen molar-refractivity contribution < 1.29 is 14.6 Å². The van der Waals surface area contributed by atoms with Crippen LogP contribution < -0.4 is 9.80 Å². The van der Waals surface area contributed by atoms with Gasteiger partial charge in [-0.25, -0.2) is 0 Å². The fraction of sp³-hybridized carbons (Fsp3) is 0.100. The molecule has 0 amide bonds. The summed E-state index contributed by atoms with van der Waals surface area (Å²) in [5.74, 6) is 0.454. The second-order valence-corrected chi connectivity index (χ2v) is 12.7. The van der Waals surface area contributed by atoms with Crippen molar-refractivity contribution in [2.45, 2.75) is 18.9 Å². The average molecular weight is 623 g/mol. The van der Waals surface area contributed by atoms with Gasteiger partial charge < -0.3 is 24.4 Å². The second kappa shape index (κ2) is 15.1. The summed E-state index contributed by atoms with van der Waals surface area (Å²) in [6, 6.07) is 53.1. The van der Waals surface area contributed by atoms with E-state index < -0.39 is 0 Å². The van der Waals surface area contributed by atoms with Gasteiger partial charge in [0.15, 0.2) is 9.76 Å². The first-order chi connectivity index (χ1) is 22.7. The largest absolute Gasteiger partial charge is 0.508 e. The zero-order valence-electron chi connectivity index (χ0n) is 25.7. The van der Waals surface area contributed by atoms with Crippen LogP contribution in [0.2, 0.25) is 6.04 Å². The molecule has 6 heteroatoms. The van der Waals surface area contributed by atoms with Gasteiger partial charge in [-0.05, 0) is 96.4 Å². The summed E-state index contributed by atoms with van der Waals surface area (Å²) in [6.45, 7) is 1.06. The number of anilines is 6. The number of benzene rings is 6. The topological polar surface area (TPSA) is 56.2 Å². The minimum absolute atomic E-state index is 0.00849. The molecule has 7 rings (SSSR count). The van der Waals surface area contributed by atoms with E-state index in [0.29, 0.717) is 0 Å². The Morgan fingerprint density at radius 2 is 0.848 bits per heavy atom. The first kappa shape index (κ1) is 30.7. The molecule has 230 valence electrons. The normalized spacial score (nSPS) is 13.0. The quantitative estimate of drug-likeness (QED) is 0.174. The Hall–Kier alpha value is -5.30. The number of aromatic hydroxyl groups is 2. The first-order valence-corrected chi connectivity index (χ1v) is 17.3. The SMILES string of the molecule is C1CC[SiH2]OC1.Oc1cccc(N(c2ccccc2)c2ccc(-c3ccc(N(c4ccccc4)c4cccc(O)c4)cc3)cc2)c1. The van der Waals surface area contributed by atoms with E-state index in [1.807, 2.05) is 60.7 Å². The molecule has 0 spiro atoms. The van der Waals surface area contributed by atoms with Gasteiger partial charge in [-0.15, -0.1) is 0 Å². The van der Waals surface area contributed by atoms with Crippen LogP contribution in [-0.2, 0) is 4.43 Å². The molecule has 1 saturated heterocycles. The van der Waals surface area contributed by atoms with Gasteiger partial charge in [0.1, 0.15) is 11.5 Å². The molecule has 5 nitrogen and oxygen atoms in total. The lowest BCUT2D eigenvalue weighted by atomic mass is 10.0. The summed E-state index contributed by atoms with van der Waals surface area (Å²) >= 11 is 0. The molecule has 6 aromatic carbocycles. The first-order valence-electron chi connectivity index (χ1n) is 15.7. The number of rotatable bonds is 7. The zero-order valence-corrected chi connectivity index (χ0v) is 27.2. The monoisotopic (exact) mass is 622 g/mol. The van der Waals surface area contributed by atoms with Gasteiger partial charge in [0.25, 0.3) is 0 Å². The lowest BCUT2D eigenvalue weighted by Gasteiger charge is -2.26. The van der Waals surface area contributed by atoms with Gasteiger partial charge in [-0.2, -0.15) is 0 Å². The Bertz CT molecular complexity index is 1670. The molecule has 0 aliphatic carbocycles. The highest BCUT2D eigenvalue weighted by Crippen LogP contribution is 2.39. The number of phenolic OH excluding ortho intramolecular Hbond substituents is 2. The maximum Gasteiger partial charge on any atom is 0.161 e. The van der Waals surface area contributed by atoms with Gasteiger partial charge >= 0.3 is 0 Å². The van der Waals surface area contributed by atoms with Crippen molar-refractivity contribution in [1.82, 2.24) is 0 Å². The van der Waals surface area contributed by atoms with Crippen molar-refractivity contribution in [3.8, 4) is 22.6 Å². The third-order valence-corrected chi connectivity index (χ3v) is 9.23. The summed E-state index contributed by atoms with van der Waals surface area (Å²) in [6.07, 6.45) is 2.75. The van der Waals surface area contributed by atoms with Gasteiger partial charge in [-0.3, -0.25) is 0 Å². The Kier molecular flexibility index (Phi) is 10.1. The van der Waals surface area contributed by atoms with Gasteiger partial charge in [0.2, 0.25) is 0 Å². The number of phenols is 2. The molecule has 1 aliphatic rings. The second-order valence-electron chi connectivity index (χ2n) is 11.1. The van der Waals surface area contributed by atoms with Crippen LogP contribution in [0.5, 0.6) is 11.5 Å². The molecule has 46 heavy (non-hydrogen) atoms. The van der Waals surface area contributed by atoms with Crippen LogP contribution in [0.15, 0.2) is 158 Å². The predicted molar refractivity (Wildman–Crippen MR) is 193 cm³/mol. The highest BCUT2D eigenvalue weighted by Gasteiger charge is 2.15. The van der Waals surface area contributed by atoms with E-state index in [2.05, 4.69) is 82.6 Å². The number of hydrogen-bond donors (Lipinski definition) is 2. The van der Waals surface area contributed by atoms with Gasteiger partial charge in [-0.1, -0.05) is 79.2 Å². The lowest BCUT2D eigenvalue weighted by Crippen LogP contribution is -2.09. The summed E-state index contributed by atoms with van der Waals surface area (Å²) < 4.78 is 5.21. The van der Waals surface area contributed by atoms with Crippen molar-refractivity contribution in [2.24, 2.45) is 0 Å². The molecular formula is C40H38N2O3Si. The van der Waals surface area contributed by atoms with Crippen LogP contribution in [0.4, 0.5) is 34.1 Å². The molecule has 0 bridgehead atoms. The Morgan fingerprint density at radius 3 is 1.17 bits per heavy atom. The van der Waals surface area contributed by atoms with Crippen molar-refractivity contribution in [3.63, 3.8) is 0 Å². The molecular weight excluding hydrogens is 585 g/mol. The molecule has 1 heterocycles. The third-order valence-electron chi connectivity index (χ3n) is 7.87. The summed E-state index contributed by atoms with van der Waals surface area (Å²) in [5.41, 5.74) is 7.99. The molecule has 0 saturated carbocycles. The van der Waals surface area contributed by atoms with Crippen LogP contribution in [0, 0.1) is 0 Å². The molecule has 0 atom stereocenters. The van der Waals surface area contributed by atoms with Gasteiger partial charge in [0, 0.05) is 52.9 Å². The lowest BCUT2D eigenvalue weighted by molar-refractivity contribution is 0.304. The maximum absolute atomic E-state index is 10.1. The highest BCUT2D eigenvalue weighted by atomic mass is 28.2. The number of nitrogens with zero attached hydrogens (tertiary/aromatic N) is 2. The van der Waals surface area contributed by atoms with E-state index in [1.165, 1.54) is 18.9 Å². The molecule has 1 aliphatic heterocycles. The van der Waals surface area contributed by atoms with Crippen LogP contribution in [-0.4, -0.2) is 26.6 Å². The number of para-hydroxylation sites is 2. The van der Waals surface area contributed by atoms with Crippen molar-refractivity contribution in [2.75, 3.05) is 16.4 Å². The smallest absolute Gasteiger partial charge is 0.161 e. The van der Waals surface area contributed by atoms with Crippen LogP contribution in [0.25, 0.3) is 11.1 Å². The Morgan fingerprint density at radius 1 is 0.435 bits per heavy atom. The van der Waals surface area contributed by atoms with E-state index in [-0.39, 0.29) is 21.3 Å². The molecule has 6 aromatic rings. The fourth-order valence-corrected chi connectivity index (χ4v) is 6.78. The fourth-order valence-electron chi connectivity index (χ4n) is 5.61. The molecule has 0 aromatic heterocycles. The maximum atomic E-state index is 10.1. The van der Waals surface area contributed by atoms with Crippen LogP contribution in [0.1, 0.15) is 12.8 Å². The van der Waals surface area contributed by atoms with Crippen molar-refractivity contribution in [3.05, 3.63) is 158 Å². The molecule has 0 radical (unpaired) electrons. The van der Waals surface area contributed by atoms with Crippen LogP contribution >= 0.6 is 0 Å². The van der Waals surface area contributed by atoms with E-state index in [0.717, 1.165) is 51.9 Å². The Balaban J connectivity index is 0.000000557. The predicted octanol–water partition coefficient (Wildman–Crippen LogP) is 10.0. The molecule has 1 fully saturated rings. The van der Waals surface area contributed by atoms with E-state index >= 15 is 0 Å². The van der Waals surface area contributed by atoms with E-state index in [4.69, 9.17) is 4.43 Å². The van der Waals surface area contributed by atoms with E-state index in [1.54, 1.807) is 24.3 Å². The summed E-state index contributed by atoms with van der Waals surface area (Å²) in [4.78, 5) is 4.25. The summed E-state index contributed by atoms with van der Waals surface area (Å²) in [5, 5.41) is 20.3. The number of hydrogen-bond acceptors (Lipinski definition) is 5. The molecule has 2 N–H and O–H groups in total. The minimum atomic E-state index is 0.00849. The average Bonchev–Trinajstić information content (AvgIpc) is 3.11.